The van der Waals surface area contributed by atoms with Crippen LogP contribution in [0, 0.1) is 0 Å². The van der Waals surface area contributed by atoms with Gasteiger partial charge in [-0.1, -0.05) is 15.9 Å². The largest absolute Gasteiger partial charge is 0.497 e. The maximum Gasteiger partial charge on any atom is 0.351 e. The van der Waals surface area contributed by atoms with Crippen LogP contribution in [0.5, 0.6) is 11.5 Å². The fourth-order valence-corrected chi connectivity index (χ4v) is 3.18. The predicted molar refractivity (Wildman–Crippen MR) is 109 cm³/mol. The van der Waals surface area contributed by atoms with Crippen molar-refractivity contribution < 1.29 is 28.2 Å². The second-order valence-corrected chi connectivity index (χ2v) is 7.03. The average molecular weight is 461 g/mol. The second-order valence-electron chi connectivity index (χ2n) is 6.11. The zero-order chi connectivity index (χ0) is 21.1. The smallest absolute Gasteiger partial charge is 0.351 e. The molecule has 0 saturated carbocycles. The third kappa shape index (κ3) is 4.32. The van der Waals surface area contributed by atoms with E-state index in [-0.39, 0.29) is 11.1 Å². The summed E-state index contributed by atoms with van der Waals surface area (Å²) in [5, 5.41) is 0.469. The molecule has 0 saturated heterocycles. The van der Waals surface area contributed by atoms with Crippen molar-refractivity contribution >= 4 is 38.7 Å². The number of methoxy groups -OCH3 is 2. The van der Waals surface area contributed by atoms with Gasteiger partial charge in [-0.15, -0.1) is 0 Å². The Balaban J connectivity index is 1.85. The van der Waals surface area contributed by atoms with Crippen LogP contribution in [-0.4, -0.2) is 32.1 Å². The van der Waals surface area contributed by atoms with Crippen LogP contribution in [0.15, 0.2) is 56.1 Å². The molecule has 0 radical (unpaired) electrons. The van der Waals surface area contributed by atoms with Gasteiger partial charge in [0.1, 0.15) is 11.3 Å². The summed E-state index contributed by atoms with van der Waals surface area (Å²) >= 11 is 3.33. The summed E-state index contributed by atoms with van der Waals surface area (Å²) in [6.45, 7) is 1.44. The third-order valence-corrected chi connectivity index (χ3v) is 4.69. The van der Waals surface area contributed by atoms with Crippen LogP contribution >= 0.6 is 15.9 Å². The first-order valence-electron chi connectivity index (χ1n) is 8.54. The monoisotopic (exact) mass is 460 g/mol. The van der Waals surface area contributed by atoms with E-state index in [0.29, 0.717) is 26.9 Å². The Labute approximate surface area is 174 Å². The highest BCUT2D eigenvalue weighted by molar-refractivity contribution is 9.10. The van der Waals surface area contributed by atoms with Gasteiger partial charge in [0, 0.05) is 15.4 Å². The molecule has 1 atom stereocenters. The molecule has 0 spiro atoms. The Hall–Kier alpha value is -3.13. The number of rotatable bonds is 6. The summed E-state index contributed by atoms with van der Waals surface area (Å²) in [6, 6.07) is 11.1. The maximum absolute atomic E-state index is 12.5. The van der Waals surface area contributed by atoms with Gasteiger partial charge in [-0.2, -0.15) is 0 Å². The normalized spacial score (nSPS) is 11.7. The zero-order valence-electron chi connectivity index (χ0n) is 15.9. The highest BCUT2D eigenvalue weighted by atomic mass is 79.9. The average Bonchev–Trinajstić information content (AvgIpc) is 2.72. The quantitative estimate of drug-likeness (QED) is 0.311. The molecule has 8 heteroatoms. The van der Waals surface area contributed by atoms with Crippen molar-refractivity contribution in [2.75, 3.05) is 14.2 Å². The number of carbonyl (C=O) groups is 2. The molecule has 0 N–H and O–H groups in total. The minimum absolute atomic E-state index is 0.208. The topological polar surface area (TPSA) is 92.0 Å². The van der Waals surface area contributed by atoms with E-state index in [1.165, 1.54) is 27.2 Å². The van der Waals surface area contributed by atoms with Crippen LogP contribution < -0.4 is 15.1 Å². The van der Waals surface area contributed by atoms with Crippen molar-refractivity contribution in [2.45, 2.75) is 13.0 Å². The first-order chi connectivity index (χ1) is 13.8. The maximum atomic E-state index is 12.5. The predicted octanol–water partition coefficient (Wildman–Crippen LogP) is 4.00. The van der Waals surface area contributed by atoms with Crippen LogP contribution in [0.3, 0.4) is 0 Å². The summed E-state index contributed by atoms with van der Waals surface area (Å²) in [5.41, 5.74) is -0.635. The zero-order valence-corrected chi connectivity index (χ0v) is 17.4. The van der Waals surface area contributed by atoms with Gasteiger partial charge in [-0.25, -0.2) is 9.59 Å². The van der Waals surface area contributed by atoms with Crippen molar-refractivity contribution in [1.29, 1.82) is 0 Å². The molecule has 0 amide bonds. The molecule has 1 heterocycles. The lowest BCUT2D eigenvalue weighted by Gasteiger charge is -2.13. The first kappa shape index (κ1) is 20.6. The molecule has 0 aliphatic rings. The molecule has 150 valence electrons. The lowest BCUT2D eigenvalue weighted by atomic mass is 10.1. The number of ketones is 1. The van der Waals surface area contributed by atoms with Crippen LogP contribution in [-0.2, 0) is 4.74 Å². The molecular weight excluding hydrogens is 444 g/mol. The number of esters is 1. The van der Waals surface area contributed by atoms with Gasteiger partial charge in [0.05, 0.1) is 14.2 Å². The van der Waals surface area contributed by atoms with Gasteiger partial charge in [0.25, 0.3) is 0 Å². The number of hydrogen-bond donors (Lipinski definition) is 0. The Morgan fingerprint density at radius 3 is 2.34 bits per heavy atom. The summed E-state index contributed by atoms with van der Waals surface area (Å²) in [6.07, 6.45) is -1.09. The van der Waals surface area contributed by atoms with E-state index in [1.54, 1.807) is 36.4 Å². The van der Waals surface area contributed by atoms with Crippen LogP contribution in [0.25, 0.3) is 11.0 Å². The Morgan fingerprint density at radius 2 is 1.72 bits per heavy atom. The number of benzene rings is 2. The fourth-order valence-electron chi connectivity index (χ4n) is 2.73. The van der Waals surface area contributed by atoms with Crippen molar-refractivity contribution in [3.05, 3.63) is 68.5 Å². The van der Waals surface area contributed by atoms with Gasteiger partial charge in [-0.3, -0.25) is 4.79 Å². The lowest BCUT2D eigenvalue weighted by molar-refractivity contribution is 0.0315. The molecule has 29 heavy (non-hydrogen) atoms. The number of ether oxygens (including phenoxy) is 3. The van der Waals surface area contributed by atoms with Crippen LogP contribution in [0.4, 0.5) is 0 Å². The molecule has 3 rings (SSSR count). The summed E-state index contributed by atoms with van der Waals surface area (Å²) < 4.78 is 21.4. The number of carbonyl (C=O) groups excluding carboxylic acids is 2. The SMILES string of the molecule is COc1ccc(C(=O)[C@H](C)OC(=O)c2cc3cc(Br)cc(OC)c3oc2=O)cc1. The fraction of sp³-hybridized carbons (Fsp3) is 0.190. The summed E-state index contributed by atoms with van der Waals surface area (Å²) in [5.74, 6) is -0.416. The van der Waals surface area contributed by atoms with Gasteiger partial charge < -0.3 is 18.6 Å². The molecule has 0 fully saturated rings. The van der Waals surface area contributed by atoms with E-state index in [1.807, 2.05) is 0 Å². The summed E-state index contributed by atoms with van der Waals surface area (Å²) in [4.78, 5) is 37.3. The van der Waals surface area contributed by atoms with E-state index in [0.717, 1.165) is 0 Å². The van der Waals surface area contributed by atoms with Crippen molar-refractivity contribution in [3.8, 4) is 11.5 Å². The number of halogens is 1. The third-order valence-electron chi connectivity index (χ3n) is 4.23. The van der Waals surface area contributed by atoms with Gasteiger partial charge in [0.15, 0.2) is 17.4 Å². The lowest BCUT2D eigenvalue weighted by Crippen LogP contribution is -2.27. The molecule has 0 bridgehead atoms. The molecule has 0 unspecified atom stereocenters. The molecule has 3 aromatic rings. The minimum atomic E-state index is -1.09. The molecule has 0 aliphatic heterocycles. The number of hydrogen-bond acceptors (Lipinski definition) is 7. The molecule has 2 aromatic carbocycles. The van der Waals surface area contributed by atoms with E-state index in [9.17, 15) is 14.4 Å². The Bertz CT molecular complexity index is 1130. The molecule has 7 nitrogen and oxygen atoms in total. The minimum Gasteiger partial charge on any atom is -0.497 e. The van der Waals surface area contributed by atoms with Crippen molar-refractivity contribution in [1.82, 2.24) is 0 Å². The van der Waals surface area contributed by atoms with E-state index < -0.39 is 23.5 Å². The van der Waals surface area contributed by atoms with E-state index >= 15 is 0 Å². The molecule has 1 aromatic heterocycles. The highest BCUT2D eigenvalue weighted by Gasteiger charge is 2.24. The van der Waals surface area contributed by atoms with Crippen LogP contribution in [0.1, 0.15) is 27.6 Å². The Kier molecular flexibility index (Phi) is 6.03. The van der Waals surface area contributed by atoms with Gasteiger partial charge in [-0.05, 0) is 49.4 Å². The van der Waals surface area contributed by atoms with Crippen molar-refractivity contribution in [3.63, 3.8) is 0 Å². The van der Waals surface area contributed by atoms with Crippen LogP contribution in [0.2, 0.25) is 0 Å². The van der Waals surface area contributed by atoms with Gasteiger partial charge >= 0.3 is 11.6 Å². The van der Waals surface area contributed by atoms with E-state index in [2.05, 4.69) is 15.9 Å². The second kappa shape index (κ2) is 8.48. The molecular formula is C21H17BrO7. The Morgan fingerprint density at radius 1 is 1.03 bits per heavy atom. The first-order valence-corrected chi connectivity index (χ1v) is 9.34. The number of fused-ring (bicyclic) bond motifs is 1. The van der Waals surface area contributed by atoms with E-state index in [4.69, 9.17) is 18.6 Å². The number of Topliss-reactive ketones (excluding diaryl/α,β-unsaturated/α-hetero) is 1. The highest BCUT2D eigenvalue weighted by Crippen LogP contribution is 2.29. The van der Waals surface area contributed by atoms with Crippen molar-refractivity contribution in [2.24, 2.45) is 0 Å². The molecule has 0 aliphatic carbocycles. The standard InChI is InChI=1S/C21H17BrO7/c1-11(18(23)12-4-6-15(26-2)7-5-12)28-20(24)16-9-13-8-14(22)10-17(27-3)19(13)29-21(16)25/h4-11H,1-3H3/t11-/m0/s1. The summed E-state index contributed by atoms with van der Waals surface area (Å²) in [7, 11) is 2.96. The van der Waals surface area contributed by atoms with Gasteiger partial charge in [0.2, 0.25) is 5.78 Å².